The zero-order chi connectivity index (χ0) is 36.5. The lowest BCUT2D eigenvalue weighted by molar-refractivity contribution is -0.121. The maximum Gasteiger partial charge on any atom is 0.262 e. The number of ether oxygens (including phenoxy) is 3. The molecular formula is C39H47FN6O5. The van der Waals surface area contributed by atoms with Crippen LogP contribution in [0.2, 0.25) is 0 Å². The molecule has 5 rings (SSSR count). The third-order valence-corrected chi connectivity index (χ3v) is 8.63. The van der Waals surface area contributed by atoms with Gasteiger partial charge in [0.15, 0.2) is 23.1 Å². The number of likely N-dealkylation sites (tertiary alicyclic amines) is 1. The Morgan fingerprint density at radius 2 is 1.80 bits per heavy atom. The summed E-state index contributed by atoms with van der Waals surface area (Å²) in [5.41, 5.74) is 3.79. The highest BCUT2D eigenvalue weighted by molar-refractivity contribution is 6.06. The maximum absolute atomic E-state index is 15.1. The lowest BCUT2D eigenvalue weighted by atomic mass is 10.00. The summed E-state index contributed by atoms with van der Waals surface area (Å²) >= 11 is 0. The van der Waals surface area contributed by atoms with Gasteiger partial charge >= 0.3 is 0 Å². The van der Waals surface area contributed by atoms with Crippen LogP contribution in [-0.2, 0) is 11.2 Å². The molecule has 4 aromatic rings. The monoisotopic (exact) mass is 698 g/mol. The number of carbonyl (C=O) groups is 2. The summed E-state index contributed by atoms with van der Waals surface area (Å²) < 4.78 is 32.9. The first-order chi connectivity index (χ1) is 24.5. The van der Waals surface area contributed by atoms with Crippen LogP contribution >= 0.6 is 0 Å². The lowest BCUT2D eigenvalue weighted by Gasteiger charge is -2.29. The molecule has 1 aliphatic heterocycles. The van der Waals surface area contributed by atoms with E-state index < -0.39 is 11.7 Å². The van der Waals surface area contributed by atoms with Crippen LogP contribution in [0.25, 0.3) is 0 Å². The van der Waals surface area contributed by atoms with Gasteiger partial charge in [0.25, 0.3) is 5.91 Å². The van der Waals surface area contributed by atoms with Crippen molar-refractivity contribution in [3.05, 3.63) is 88.9 Å². The van der Waals surface area contributed by atoms with E-state index in [-0.39, 0.29) is 35.1 Å². The Morgan fingerprint density at radius 1 is 1.04 bits per heavy atom. The van der Waals surface area contributed by atoms with E-state index in [1.54, 1.807) is 24.3 Å². The summed E-state index contributed by atoms with van der Waals surface area (Å²) in [6.07, 6.45) is 4.33. The molecule has 0 spiro atoms. The van der Waals surface area contributed by atoms with Crippen molar-refractivity contribution in [2.45, 2.75) is 59.4 Å². The van der Waals surface area contributed by atoms with Crippen LogP contribution in [0, 0.1) is 25.6 Å². The normalized spacial score (nSPS) is 14.5. The van der Waals surface area contributed by atoms with Crippen molar-refractivity contribution in [3.8, 4) is 23.1 Å². The molecule has 3 aromatic carbocycles. The van der Waals surface area contributed by atoms with Gasteiger partial charge in [0.1, 0.15) is 5.56 Å². The Bertz CT molecular complexity index is 1830. The molecule has 1 aliphatic rings. The first kappa shape index (κ1) is 37.0. The Kier molecular flexibility index (Phi) is 12.4. The minimum atomic E-state index is -0.517. The summed E-state index contributed by atoms with van der Waals surface area (Å²) in [4.78, 5) is 37.1. The average Bonchev–Trinajstić information content (AvgIpc) is 3.09. The average molecular weight is 699 g/mol. The van der Waals surface area contributed by atoms with Crippen molar-refractivity contribution in [3.63, 3.8) is 0 Å². The van der Waals surface area contributed by atoms with Gasteiger partial charge in [-0.2, -0.15) is 4.98 Å². The summed E-state index contributed by atoms with van der Waals surface area (Å²) in [6.45, 7) is 10.1. The number of para-hydroxylation sites is 1. The first-order valence-electron chi connectivity index (χ1n) is 17.3. The number of aryl methyl sites for hydroxylation is 3. The van der Waals surface area contributed by atoms with Gasteiger partial charge in [-0.05, 0) is 102 Å². The van der Waals surface area contributed by atoms with Crippen molar-refractivity contribution < 1.29 is 28.2 Å². The van der Waals surface area contributed by atoms with Crippen molar-refractivity contribution in [2.24, 2.45) is 5.92 Å². The van der Waals surface area contributed by atoms with Crippen LogP contribution in [0.4, 0.5) is 21.7 Å². The Balaban J connectivity index is 1.38. The number of benzene rings is 3. The largest absolute Gasteiger partial charge is 0.493 e. The second-order valence-electron chi connectivity index (χ2n) is 13.3. The molecule has 1 atom stereocenters. The summed E-state index contributed by atoms with van der Waals surface area (Å²) in [6, 6.07) is 15.7. The maximum atomic E-state index is 15.1. The molecule has 0 bridgehead atoms. The number of hydrogen-bond acceptors (Lipinski definition) is 9. The standard InChI is InChI=1S/C39H47FN6O5/c1-24(2)42-35(47)17-13-27-12-15-33(34(19-27)49-6)51-38-30(37(48)44-36-25(3)9-7-10-26(36)4)21-41-39(45-38)43-29-14-16-32(31(40)20-29)50-23-28-11-8-18-46(5)22-28/h7,9-10,12,14-16,19-21,24,28H,8,11,13,17-18,22-23H2,1-6H3,(H,42,47)(H,44,48)(H,41,43,45). The van der Waals surface area contributed by atoms with E-state index in [1.165, 1.54) is 19.4 Å². The van der Waals surface area contributed by atoms with Crippen LogP contribution in [0.15, 0.2) is 60.8 Å². The van der Waals surface area contributed by atoms with Crippen LogP contribution < -0.4 is 30.2 Å². The molecule has 12 heteroatoms. The molecule has 1 aromatic heterocycles. The number of methoxy groups -OCH3 is 1. The Morgan fingerprint density at radius 3 is 2.51 bits per heavy atom. The highest BCUT2D eigenvalue weighted by atomic mass is 19.1. The van der Waals surface area contributed by atoms with Gasteiger partial charge < -0.3 is 35.1 Å². The van der Waals surface area contributed by atoms with Gasteiger partial charge in [-0.15, -0.1) is 0 Å². The third kappa shape index (κ3) is 10.2. The zero-order valence-electron chi connectivity index (χ0n) is 30.1. The molecule has 2 amide bonds. The predicted octanol–water partition coefficient (Wildman–Crippen LogP) is 7.21. The van der Waals surface area contributed by atoms with Gasteiger partial charge in [0.2, 0.25) is 17.7 Å². The summed E-state index contributed by atoms with van der Waals surface area (Å²) in [5, 5.41) is 8.88. The fourth-order valence-electron chi connectivity index (χ4n) is 6.00. The van der Waals surface area contributed by atoms with E-state index in [2.05, 4.69) is 37.9 Å². The van der Waals surface area contributed by atoms with Crippen LogP contribution in [0.5, 0.6) is 23.1 Å². The van der Waals surface area contributed by atoms with E-state index >= 15 is 4.39 Å². The van der Waals surface area contributed by atoms with Crippen molar-refractivity contribution in [1.82, 2.24) is 20.2 Å². The molecular weight excluding hydrogens is 651 g/mol. The SMILES string of the molecule is COc1cc(CCC(=O)NC(C)C)ccc1Oc1nc(Nc2ccc(OCC3CCCN(C)C3)c(F)c2)ncc1C(=O)Nc1c(C)cccc1C. The van der Waals surface area contributed by atoms with E-state index in [0.717, 1.165) is 42.6 Å². The van der Waals surface area contributed by atoms with Gasteiger partial charge in [0.05, 0.1) is 13.7 Å². The number of hydrogen-bond donors (Lipinski definition) is 3. The highest BCUT2D eigenvalue weighted by Gasteiger charge is 2.22. The van der Waals surface area contributed by atoms with E-state index in [1.807, 2.05) is 52.0 Å². The number of aromatic nitrogens is 2. The second-order valence-corrected chi connectivity index (χ2v) is 13.3. The second kappa shape index (κ2) is 17.1. The number of nitrogens with one attached hydrogen (secondary N) is 3. The molecule has 51 heavy (non-hydrogen) atoms. The van der Waals surface area contributed by atoms with Gasteiger partial charge in [-0.25, -0.2) is 9.37 Å². The topological polar surface area (TPSA) is 127 Å². The minimum Gasteiger partial charge on any atom is -0.493 e. The molecule has 1 fully saturated rings. The number of rotatable bonds is 14. The van der Waals surface area contributed by atoms with Crippen LogP contribution in [0.1, 0.15) is 60.2 Å². The van der Waals surface area contributed by atoms with Gasteiger partial charge in [0, 0.05) is 48.6 Å². The lowest BCUT2D eigenvalue weighted by Crippen LogP contribution is -2.34. The first-order valence-corrected chi connectivity index (χ1v) is 17.3. The molecule has 1 saturated heterocycles. The zero-order valence-corrected chi connectivity index (χ0v) is 30.1. The molecule has 270 valence electrons. The minimum absolute atomic E-state index is 0.0422. The fourth-order valence-corrected chi connectivity index (χ4v) is 6.00. The summed E-state index contributed by atoms with van der Waals surface area (Å²) in [5.74, 6) is 0.222. The molecule has 2 heterocycles. The number of halogens is 1. The highest BCUT2D eigenvalue weighted by Crippen LogP contribution is 2.35. The van der Waals surface area contributed by atoms with Crippen molar-refractivity contribution in [2.75, 3.05) is 44.5 Å². The molecule has 3 N–H and O–H groups in total. The molecule has 0 aliphatic carbocycles. The number of piperidine rings is 1. The molecule has 11 nitrogen and oxygen atoms in total. The predicted molar refractivity (Wildman–Crippen MR) is 196 cm³/mol. The van der Waals surface area contributed by atoms with E-state index in [9.17, 15) is 9.59 Å². The number of carbonyl (C=O) groups excluding carboxylic acids is 2. The van der Waals surface area contributed by atoms with E-state index in [0.29, 0.717) is 48.2 Å². The van der Waals surface area contributed by atoms with Crippen molar-refractivity contribution in [1.29, 1.82) is 0 Å². The third-order valence-electron chi connectivity index (χ3n) is 8.63. The number of amides is 2. The van der Waals surface area contributed by atoms with Gasteiger partial charge in [-0.1, -0.05) is 24.3 Å². The number of nitrogens with zero attached hydrogens (tertiary/aromatic N) is 3. The van der Waals surface area contributed by atoms with Crippen LogP contribution in [0.3, 0.4) is 0 Å². The quantitative estimate of drug-likeness (QED) is 0.125. The molecule has 1 unspecified atom stereocenters. The Labute approximate surface area is 298 Å². The molecule has 0 radical (unpaired) electrons. The summed E-state index contributed by atoms with van der Waals surface area (Å²) in [7, 11) is 3.59. The molecule has 0 saturated carbocycles. The van der Waals surface area contributed by atoms with Gasteiger partial charge in [-0.3, -0.25) is 9.59 Å². The van der Waals surface area contributed by atoms with E-state index in [4.69, 9.17) is 14.2 Å². The Hall–Kier alpha value is -5.23. The number of anilines is 3. The van der Waals surface area contributed by atoms with Crippen molar-refractivity contribution >= 4 is 29.1 Å². The smallest absolute Gasteiger partial charge is 0.262 e. The fraction of sp³-hybridized carbons (Fsp3) is 0.385. The van der Waals surface area contributed by atoms with Crippen LogP contribution in [-0.4, -0.2) is 66.6 Å².